The van der Waals surface area contributed by atoms with Crippen LogP contribution in [0.25, 0.3) is 98.8 Å². The Kier molecular flexibility index (Phi) is 7.69. The molecule has 0 atom stereocenters. The van der Waals surface area contributed by atoms with Gasteiger partial charge < -0.3 is 0 Å². The van der Waals surface area contributed by atoms with Crippen LogP contribution in [0.2, 0.25) is 0 Å². The van der Waals surface area contributed by atoms with E-state index in [1.54, 1.807) is 0 Å². The average Bonchev–Trinajstić information content (AvgIpc) is 3.98. The molecule has 0 unspecified atom stereocenters. The molecule has 2 aromatic heterocycles. The number of nitrogens with zero attached hydrogens (tertiary/aromatic N) is 3. The van der Waals surface area contributed by atoms with Gasteiger partial charge in [0, 0.05) is 36.9 Å². The zero-order valence-electron chi connectivity index (χ0n) is 33.5. The predicted molar refractivity (Wildman–Crippen MR) is 256 cm³/mol. The number of hydrogen-bond donors (Lipinski definition) is 0. The van der Waals surface area contributed by atoms with Crippen LogP contribution in [-0.2, 0) is 5.41 Å². The lowest BCUT2D eigenvalue weighted by atomic mass is 9.68. The first kappa shape index (κ1) is 35.0. The summed E-state index contributed by atoms with van der Waals surface area (Å²) in [5, 5.41) is 2.57. The molecule has 3 nitrogen and oxygen atoms in total. The Morgan fingerprint density at radius 3 is 1.40 bits per heavy atom. The van der Waals surface area contributed by atoms with Crippen molar-refractivity contribution in [3.05, 3.63) is 235 Å². The fourth-order valence-electron chi connectivity index (χ4n) is 10.4. The van der Waals surface area contributed by atoms with Gasteiger partial charge in [-0.15, -0.1) is 11.3 Å². The van der Waals surface area contributed by atoms with Crippen molar-refractivity contribution < 1.29 is 0 Å². The summed E-state index contributed by atoms with van der Waals surface area (Å²) in [6.07, 6.45) is 0. The highest BCUT2D eigenvalue weighted by Gasteiger charge is 2.52. The summed E-state index contributed by atoms with van der Waals surface area (Å²) in [5.41, 5.74) is 17.1. The van der Waals surface area contributed by atoms with Gasteiger partial charge in [0.25, 0.3) is 0 Å². The van der Waals surface area contributed by atoms with Crippen LogP contribution in [0.3, 0.4) is 0 Å². The molecule has 9 aromatic carbocycles. The first-order valence-electron chi connectivity index (χ1n) is 21.1. The van der Waals surface area contributed by atoms with Gasteiger partial charge in [0.2, 0.25) is 0 Å². The van der Waals surface area contributed by atoms with Crippen LogP contribution < -0.4 is 0 Å². The first-order chi connectivity index (χ1) is 30.8. The Morgan fingerprint density at radius 2 is 0.742 bits per heavy atom. The highest BCUT2D eigenvalue weighted by Crippen LogP contribution is 2.64. The highest BCUT2D eigenvalue weighted by atomic mass is 32.1. The second-order valence-corrected chi connectivity index (χ2v) is 17.3. The van der Waals surface area contributed by atoms with Crippen LogP contribution in [0, 0.1) is 0 Å². The van der Waals surface area contributed by atoms with Gasteiger partial charge in [-0.1, -0.05) is 200 Å². The van der Waals surface area contributed by atoms with Crippen molar-refractivity contribution in [3.63, 3.8) is 0 Å². The molecule has 62 heavy (non-hydrogen) atoms. The van der Waals surface area contributed by atoms with E-state index in [9.17, 15) is 0 Å². The third kappa shape index (κ3) is 5.02. The largest absolute Gasteiger partial charge is 0.208 e. The fourth-order valence-corrected chi connectivity index (χ4v) is 11.6. The maximum atomic E-state index is 5.44. The van der Waals surface area contributed by atoms with E-state index in [4.69, 9.17) is 15.0 Å². The van der Waals surface area contributed by atoms with Crippen molar-refractivity contribution in [2.75, 3.05) is 0 Å². The van der Waals surface area contributed by atoms with Crippen molar-refractivity contribution in [1.82, 2.24) is 15.0 Å². The zero-order valence-corrected chi connectivity index (χ0v) is 34.3. The molecule has 0 aliphatic heterocycles. The number of rotatable bonds is 5. The molecule has 0 N–H and O–H groups in total. The molecule has 288 valence electrons. The number of thiophene rings is 1. The van der Waals surface area contributed by atoms with Gasteiger partial charge in [-0.25, -0.2) is 15.0 Å². The Morgan fingerprint density at radius 1 is 0.290 bits per heavy atom. The van der Waals surface area contributed by atoms with Gasteiger partial charge in [-0.2, -0.15) is 0 Å². The minimum atomic E-state index is -0.503. The maximum Gasteiger partial charge on any atom is 0.164 e. The molecule has 1 spiro atoms. The average molecular weight is 806 g/mol. The molecule has 2 aliphatic carbocycles. The lowest BCUT2D eigenvalue weighted by Crippen LogP contribution is -2.26. The van der Waals surface area contributed by atoms with E-state index in [0.29, 0.717) is 17.5 Å². The van der Waals surface area contributed by atoms with Crippen molar-refractivity contribution in [1.29, 1.82) is 0 Å². The van der Waals surface area contributed by atoms with E-state index in [0.717, 1.165) is 33.4 Å². The molecular weight excluding hydrogens is 771 g/mol. The second kappa shape index (κ2) is 13.6. The quantitative estimate of drug-likeness (QED) is 0.174. The molecule has 0 amide bonds. The van der Waals surface area contributed by atoms with Crippen LogP contribution in [-0.4, -0.2) is 15.0 Å². The molecule has 0 fully saturated rings. The van der Waals surface area contributed by atoms with Gasteiger partial charge in [0.05, 0.1) is 5.41 Å². The Balaban J connectivity index is 1.04. The first-order valence-corrected chi connectivity index (χ1v) is 21.9. The minimum absolute atomic E-state index is 0.503. The van der Waals surface area contributed by atoms with E-state index >= 15 is 0 Å². The van der Waals surface area contributed by atoms with Crippen molar-refractivity contribution in [2.24, 2.45) is 0 Å². The summed E-state index contributed by atoms with van der Waals surface area (Å²) in [6.45, 7) is 0. The van der Waals surface area contributed by atoms with Crippen LogP contribution in [0.4, 0.5) is 0 Å². The lowest BCUT2D eigenvalue weighted by Gasteiger charge is -2.32. The Hall–Kier alpha value is -7.79. The highest BCUT2D eigenvalue weighted by molar-refractivity contribution is 7.25. The zero-order chi connectivity index (χ0) is 40.8. The monoisotopic (exact) mass is 805 g/mol. The molecule has 2 aliphatic rings. The third-order valence-corrected chi connectivity index (χ3v) is 14.1. The SMILES string of the molecule is c1ccc(-c2nc(-c3ccccc3-c3ccc4c(c3)sc3ccccc34)nc(-c3ccccc3-c3cccc4c3C3(c5ccccc5-c5ccccc53)c3ccccc3-4)n2)cc1. The topological polar surface area (TPSA) is 38.7 Å². The minimum Gasteiger partial charge on any atom is -0.208 e. The lowest BCUT2D eigenvalue weighted by molar-refractivity contribution is 0.796. The maximum absolute atomic E-state index is 5.44. The summed E-state index contributed by atoms with van der Waals surface area (Å²) in [4.78, 5) is 16.0. The molecule has 13 rings (SSSR count). The van der Waals surface area contributed by atoms with Gasteiger partial charge in [-0.05, 0) is 78.9 Å². The van der Waals surface area contributed by atoms with Crippen molar-refractivity contribution in [2.45, 2.75) is 5.41 Å². The molecular formula is C58H35N3S. The summed E-state index contributed by atoms with van der Waals surface area (Å²) >= 11 is 1.83. The molecule has 11 aromatic rings. The normalized spacial score (nSPS) is 13.0. The summed E-state index contributed by atoms with van der Waals surface area (Å²) in [6, 6.07) is 76.7. The standard InChI is InChI=1S/C58H35N3S/c1-2-17-36(18-3-1)55-59-56(47-25-6-4-19-38(47)37-33-34-44-43-24-11-15-32-52(43)62-53(44)35-37)61-57(60-55)48-26-7-5-20-39(48)45-27-16-28-46-42-23-10-14-31-51(42)58(54(45)46)49-29-12-8-21-40(49)41-22-9-13-30-50(41)58/h1-35H. The third-order valence-electron chi connectivity index (χ3n) is 13.0. The van der Waals surface area contributed by atoms with Gasteiger partial charge in [-0.3, -0.25) is 0 Å². The summed E-state index contributed by atoms with van der Waals surface area (Å²) in [7, 11) is 0. The van der Waals surface area contributed by atoms with Gasteiger partial charge in [0.15, 0.2) is 17.5 Å². The second-order valence-electron chi connectivity index (χ2n) is 16.2. The smallest absolute Gasteiger partial charge is 0.164 e. The number of benzene rings is 9. The van der Waals surface area contributed by atoms with Gasteiger partial charge in [0.1, 0.15) is 0 Å². The number of hydrogen-bond acceptors (Lipinski definition) is 4. The van der Waals surface area contributed by atoms with Crippen molar-refractivity contribution in [3.8, 4) is 78.7 Å². The fraction of sp³-hybridized carbons (Fsp3) is 0.0172. The van der Waals surface area contributed by atoms with E-state index < -0.39 is 5.41 Å². The molecule has 2 heterocycles. The van der Waals surface area contributed by atoms with E-state index in [2.05, 4.69) is 194 Å². The van der Waals surface area contributed by atoms with Gasteiger partial charge >= 0.3 is 0 Å². The Bertz CT molecular complexity index is 3540. The summed E-state index contributed by atoms with van der Waals surface area (Å²) in [5.74, 6) is 1.90. The number of aromatic nitrogens is 3. The molecule has 4 heteroatoms. The molecule has 0 saturated carbocycles. The summed E-state index contributed by atoms with van der Waals surface area (Å²) < 4.78 is 2.55. The van der Waals surface area contributed by atoms with Crippen LogP contribution in [0.5, 0.6) is 0 Å². The van der Waals surface area contributed by atoms with Crippen LogP contribution >= 0.6 is 11.3 Å². The van der Waals surface area contributed by atoms with E-state index in [1.165, 1.54) is 70.2 Å². The predicted octanol–water partition coefficient (Wildman–Crippen LogP) is 14.9. The van der Waals surface area contributed by atoms with Crippen molar-refractivity contribution >= 4 is 31.5 Å². The Labute approximate surface area is 363 Å². The van der Waals surface area contributed by atoms with Crippen LogP contribution in [0.15, 0.2) is 212 Å². The molecule has 0 bridgehead atoms. The van der Waals surface area contributed by atoms with E-state index in [-0.39, 0.29) is 0 Å². The number of fused-ring (bicyclic) bond motifs is 13. The van der Waals surface area contributed by atoms with Crippen LogP contribution in [0.1, 0.15) is 22.3 Å². The van der Waals surface area contributed by atoms with E-state index in [1.807, 2.05) is 29.5 Å². The molecule has 0 saturated heterocycles. The molecule has 0 radical (unpaired) electrons.